The minimum atomic E-state index is -1.62. The summed E-state index contributed by atoms with van der Waals surface area (Å²) < 4.78 is 19.4. The van der Waals surface area contributed by atoms with Gasteiger partial charge in [0.25, 0.3) is 0 Å². The highest BCUT2D eigenvalue weighted by Crippen LogP contribution is 2.52. The fourth-order valence-corrected chi connectivity index (χ4v) is 9.12. The first kappa shape index (κ1) is 30.4. The molecule has 3 saturated heterocycles. The van der Waals surface area contributed by atoms with Crippen molar-refractivity contribution in [2.75, 3.05) is 68.1 Å². The lowest BCUT2D eigenvalue weighted by Crippen LogP contribution is -2.52. The van der Waals surface area contributed by atoms with Gasteiger partial charge in [0.1, 0.15) is 11.6 Å². The summed E-state index contributed by atoms with van der Waals surface area (Å²) in [5.41, 5.74) is 5.54. The molecule has 2 atom stereocenters. The zero-order valence-corrected chi connectivity index (χ0v) is 27.8. The molecule has 4 heterocycles. The second kappa shape index (κ2) is 14.0. The van der Waals surface area contributed by atoms with E-state index in [1.807, 2.05) is 18.2 Å². The number of hydrogen-bond acceptors (Lipinski definition) is 9. The molecule has 2 aromatic carbocycles. The van der Waals surface area contributed by atoms with Gasteiger partial charge < -0.3 is 30.2 Å². The largest absolute Gasteiger partial charge is 0.494 e. The van der Waals surface area contributed by atoms with Crippen molar-refractivity contribution in [1.82, 2.24) is 20.2 Å². The van der Waals surface area contributed by atoms with Crippen LogP contribution in [0.4, 0.5) is 28.8 Å². The van der Waals surface area contributed by atoms with Gasteiger partial charge in [-0.3, -0.25) is 4.90 Å². The second-order valence-corrected chi connectivity index (χ2v) is 14.7. The highest BCUT2D eigenvalue weighted by atomic mass is 79.9. The molecule has 0 spiro atoms. The molecule has 43 heavy (non-hydrogen) atoms. The third-order valence-electron chi connectivity index (χ3n) is 9.14. The molecular weight excluding hydrogens is 625 g/mol. The van der Waals surface area contributed by atoms with E-state index >= 15 is 0 Å². The molecule has 11 heteroatoms. The molecule has 9 nitrogen and oxygen atoms in total. The predicted octanol–water partition coefficient (Wildman–Crippen LogP) is 6.57. The van der Waals surface area contributed by atoms with Gasteiger partial charge in [0.05, 0.1) is 25.1 Å². The van der Waals surface area contributed by atoms with E-state index in [4.69, 9.17) is 9.72 Å². The quantitative estimate of drug-likeness (QED) is 0.219. The van der Waals surface area contributed by atoms with Crippen molar-refractivity contribution < 1.29 is 9.30 Å². The minimum absolute atomic E-state index is 0.120. The number of benzene rings is 2. The van der Waals surface area contributed by atoms with Crippen LogP contribution in [-0.4, -0.2) is 73.4 Å². The number of nitrogens with zero attached hydrogens (tertiary/aromatic N) is 4. The Morgan fingerprint density at radius 2 is 1.86 bits per heavy atom. The fourth-order valence-electron chi connectivity index (χ4n) is 6.80. The highest BCUT2D eigenvalue weighted by Gasteiger charge is 2.28. The summed E-state index contributed by atoms with van der Waals surface area (Å²) >= 11 is 3.62. The van der Waals surface area contributed by atoms with Crippen LogP contribution in [0.25, 0.3) is 0 Å². The number of para-hydroxylation sites is 1. The van der Waals surface area contributed by atoms with Crippen LogP contribution in [0.3, 0.4) is 0 Å². The molecule has 0 aliphatic carbocycles. The predicted molar refractivity (Wildman–Crippen MR) is 181 cm³/mol. The standard InChI is InChI=1S/C32H43BrN7O2P/c1-3-22-19-27(29(42-2)20-28(22)40-14-10-23(11-15-40)39-16-12-34-13-17-39)37-32-35-21-25(33)31(38-32)36-26-8-5-4-7-24(26)30-9-6-18-43(30)41/h4-5,7-8,19-21,23,30,34,43H,3,6,9-18H2,1-2H3,(H2,35,36,37,38). The van der Waals surface area contributed by atoms with E-state index in [0.717, 1.165) is 91.9 Å². The Morgan fingerprint density at radius 3 is 2.58 bits per heavy atom. The van der Waals surface area contributed by atoms with Crippen molar-refractivity contribution in [1.29, 1.82) is 0 Å². The third-order valence-corrected chi connectivity index (χ3v) is 11.9. The number of anilines is 5. The molecule has 0 amide bonds. The van der Waals surface area contributed by atoms with Gasteiger partial charge in [-0.2, -0.15) is 4.98 Å². The first-order chi connectivity index (χ1) is 21.0. The molecular formula is C32H43BrN7O2P. The number of nitrogens with one attached hydrogen (secondary N) is 3. The Kier molecular flexibility index (Phi) is 9.87. The van der Waals surface area contributed by atoms with E-state index in [9.17, 15) is 4.57 Å². The lowest BCUT2D eigenvalue weighted by atomic mass is 9.99. The van der Waals surface area contributed by atoms with Gasteiger partial charge in [0.2, 0.25) is 5.95 Å². The maximum absolute atomic E-state index is 12.7. The summed E-state index contributed by atoms with van der Waals surface area (Å²) in [6.07, 6.45) is 7.88. The van der Waals surface area contributed by atoms with E-state index in [-0.39, 0.29) is 5.66 Å². The fraction of sp³-hybridized carbons (Fsp3) is 0.500. The topological polar surface area (TPSA) is 94.6 Å². The molecule has 3 N–H and O–H groups in total. The van der Waals surface area contributed by atoms with Gasteiger partial charge in [0.15, 0.2) is 0 Å². The summed E-state index contributed by atoms with van der Waals surface area (Å²) in [6.45, 7) is 8.83. The number of rotatable bonds is 9. The number of piperazine rings is 1. The van der Waals surface area contributed by atoms with Crippen LogP contribution in [0.5, 0.6) is 5.75 Å². The number of ether oxygens (including phenoxy) is 1. The number of hydrogen-bond donors (Lipinski definition) is 3. The Balaban J connectivity index is 1.20. The Bertz CT molecular complexity index is 1440. The molecule has 3 aliphatic heterocycles. The van der Waals surface area contributed by atoms with Crippen LogP contribution < -0.4 is 25.6 Å². The van der Waals surface area contributed by atoms with E-state index in [2.05, 4.69) is 71.8 Å². The number of piperidine rings is 1. The number of methoxy groups -OCH3 is 1. The van der Waals surface area contributed by atoms with Crippen LogP contribution in [0, 0.1) is 0 Å². The molecule has 1 aromatic heterocycles. The minimum Gasteiger partial charge on any atom is -0.494 e. The maximum Gasteiger partial charge on any atom is 0.229 e. The zero-order chi connectivity index (χ0) is 29.8. The monoisotopic (exact) mass is 667 g/mol. The van der Waals surface area contributed by atoms with Crippen LogP contribution in [-0.2, 0) is 11.0 Å². The van der Waals surface area contributed by atoms with E-state index in [1.54, 1.807) is 13.3 Å². The molecule has 3 aliphatic rings. The van der Waals surface area contributed by atoms with Gasteiger partial charge in [-0.25, -0.2) is 4.98 Å². The summed E-state index contributed by atoms with van der Waals surface area (Å²) in [6, 6.07) is 13.2. The molecule has 2 unspecified atom stereocenters. The number of aryl methyl sites for hydroxylation is 1. The lowest BCUT2D eigenvalue weighted by molar-refractivity contribution is 0.150. The zero-order valence-electron chi connectivity index (χ0n) is 25.2. The third kappa shape index (κ3) is 6.88. The number of halogens is 1. The normalized spacial score (nSPS) is 21.6. The van der Waals surface area contributed by atoms with Crippen molar-refractivity contribution in [3.63, 3.8) is 0 Å². The average Bonchev–Trinajstić information content (AvgIpc) is 3.48. The summed E-state index contributed by atoms with van der Waals surface area (Å²) in [5.74, 6) is 1.90. The molecule has 230 valence electrons. The number of aromatic nitrogens is 2. The van der Waals surface area contributed by atoms with Gasteiger partial charge in [-0.1, -0.05) is 25.1 Å². The van der Waals surface area contributed by atoms with Gasteiger partial charge in [-0.05, 0) is 77.5 Å². The Hall–Kier alpha value is -2.65. The van der Waals surface area contributed by atoms with E-state index < -0.39 is 7.80 Å². The SMILES string of the molecule is CCc1cc(Nc2ncc(Br)c(Nc3ccccc3C3CCC[PH]3=O)n2)c(OC)cc1N1CCC(N2CCNCC2)CC1. The van der Waals surface area contributed by atoms with E-state index in [0.29, 0.717) is 17.8 Å². The van der Waals surface area contributed by atoms with Crippen LogP contribution in [0.2, 0.25) is 0 Å². The molecule has 0 bridgehead atoms. The van der Waals surface area contributed by atoms with Crippen molar-refractivity contribution in [2.24, 2.45) is 0 Å². The first-order valence-corrected chi connectivity index (χ1v) is 18.1. The van der Waals surface area contributed by atoms with E-state index in [1.165, 1.54) is 24.1 Å². The maximum atomic E-state index is 12.7. The second-order valence-electron chi connectivity index (χ2n) is 11.7. The Labute approximate surface area is 264 Å². The summed E-state index contributed by atoms with van der Waals surface area (Å²) in [7, 11) is 0.0941. The van der Waals surface area contributed by atoms with Crippen molar-refractivity contribution in [2.45, 2.75) is 50.7 Å². The first-order valence-electron chi connectivity index (χ1n) is 15.6. The lowest BCUT2D eigenvalue weighted by Gasteiger charge is -2.41. The molecule has 3 aromatic rings. The van der Waals surface area contributed by atoms with Crippen molar-refractivity contribution in [3.8, 4) is 5.75 Å². The molecule has 0 saturated carbocycles. The summed E-state index contributed by atoms with van der Waals surface area (Å²) in [4.78, 5) is 14.6. The van der Waals surface area contributed by atoms with Crippen molar-refractivity contribution >= 4 is 52.6 Å². The molecule has 3 fully saturated rings. The van der Waals surface area contributed by atoms with Crippen LogP contribution in [0.1, 0.15) is 49.4 Å². The van der Waals surface area contributed by atoms with Gasteiger partial charge in [0, 0.05) is 74.6 Å². The highest BCUT2D eigenvalue weighted by molar-refractivity contribution is 9.10. The molecule has 0 radical (unpaired) electrons. The van der Waals surface area contributed by atoms with Crippen LogP contribution >= 0.6 is 23.7 Å². The average molecular weight is 669 g/mol. The van der Waals surface area contributed by atoms with Crippen LogP contribution in [0.15, 0.2) is 47.1 Å². The Morgan fingerprint density at radius 1 is 1.07 bits per heavy atom. The van der Waals surface area contributed by atoms with Gasteiger partial charge in [-0.15, -0.1) is 0 Å². The smallest absolute Gasteiger partial charge is 0.229 e. The van der Waals surface area contributed by atoms with Gasteiger partial charge >= 0.3 is 0 Å². The summed E-state index contributed by atoms with van der Waals surface area (Å²) in [5, 5.41) is 10.4. The molecule has 6 rings (SSSR count). The van der Waals surface area contributed by atoms with Crippen molar-refractivity contribution in [3.05, 3.63) is 58.2 Å².